The molecule has 23 heavy (non-hydrogen) atoms. The molecule has 1 unspecified atom stereocenters. The summed E-state index contributed by atoms with van der Waals surface area (Å²) in [7, 11) is 3.87. The normalized spacial score (nSPS) is 17.7. The van der Waals surface area contributed by atoms with E-state index in [2.05, 4.69) is 52.2 Å². The molecule has 0 bridgehead atoms. The zero-order valence-electron chi connectivity index (χ0n) is 14.0. The number of benzene rings is 1. The number of anilines is 1. The second-order valence-corrected chi connectivity index (χ2v) is 6.29. The lowest BCUT2D eigenvalue weighted by molar-refractivity contribution is 0.271. The van der Waals surface area contributed by atoms with Crippen LogP contribution in [0.5, 0.6) is 5.75 Å². The smallest absolute Gasteiger partial charge is 0.141 e. The highest BCUT2D eigenvalue weighted by Gasteiger charge is 2.24. The van der Waals surface area contributed by atoms with Crippen LogP contribution in [0.15, 0.2) is 48.7 Å². The average Bonchev–Trinajstić information content (AvgIpc) is 3.04. The van der Waals surface area contributed by atoms with Gasteiger partial charge in [0.25, 0.3) is 0 Å². The predicted octanol–water partition coefficient (Wildman–Crippen LogP) is 3.05. The third-order valence-corrected chi connectivity index (χ3v) is 4.47. The Morgan fingerprint density at radius 1 is 1.22 bits per heavy atom. The first-order valence-corrected chi connectivity index (χ1v) is 8.22. The number of nitrogens with zero attached hydrogens (tertiary/aromatic N) is 3. The fraction of sp³-hybridized carbons (Fsp3) is 0.421. The minimum absolute atomic E-state index is 0.704. The Morgan fingerprint density at radius 2 is 2.04 bits per heavy atom. The second kappa shape index (κ2) is 7.47. The van der Waals surface area contributed by atoms with E-state index in [0.717, 1.165) is 37.6 Å². The number of methoxy groups -OCH3 is 1. The van der Waals surface area contributed by atoms with Gasteiger partial charge in [0, 0.05) is 38.1 Å². The minimum atomic E-state index is 0.704. The fourth-order valence-corrected chi connectivity index (χ4v) is 3.34. The molecule has 4 heteroatoms. The Kier molecular flexibility index (Phi) is 5.13. The summed E-state index contributed by atoms with van der Waals surface area (Å²) in [5.41, 5.74) is 2.35. The Labute approximate surface area is 138 Å². The summed E-state index contributed by atoms with van der Waals surface area (Å²) in [5.74, 6) is 1.58. The highest BCUT2D eigenvalue weighted by molar-refractivity contribution is 5.46. The Hall–Kier alpha value is -2.07. The van der Waals surface area contributed by atoms with E-state index in [0.29, 0.717) is 5.92 Å². The summed E-state index contributed by atoms with van der Waals surface area (Å²) in [4.78, 5) is 9.29. The lowest BCUT2D eigenvalue weighted by atomic mass is 10.1. The molecule has 1 aromatic carbocycles. The van der Waals surface area contributed by atoms with Gasteiger partial charge < -0.3 is 14.5 Å². The highest BCUT2D eigenvalue weighted by Crippen LogP contribution is 2.24. The first-order valence-electron chi connectivity index (χ1n) is 8.22. The molecule has 2 aromatic rings. The second-order valence-electron chi connectivity index (χ2n) is 6.29. The van der Waals surface area contributed by atoms with E-state index in [1.54, 1.807) is 7.11 Å². The lowest BCUT2D eigenvalue weighted by Crippen LogP contribution is -2.28. The van der Waals surface area contributed by atoms with Crippen molar-refractivity contribution < 1.29 is 4.74 Å². The van der Waals surface area contributed by atoms with Crippen LogP contribution in [0.1, 0.15) is 12.1 Å². The number of aromatic nitrogens is 1. The summed E-state index contributed by atoms with van der Waals surface area (Å²) >= 11 is 0. The molecule has 1 aromatic heterocycles. The molecule has 1 aliphatic heterocycles. The molecule has 4 nitrogen and oxygen atoms in total. The molecule has 1 aliphatic rings. The van der Waals surface area contributed by atoms with Crippen molar-refractivity contribution in [2.75, 3.05) is 38.7 Å². The van der Waals surface area contributed by atoms with Crippen LogP contribution in [0.4, 0.5) is 5.69 Å². The average molecular weight is 311 g/mol. The molecule has 1 atom stereocenters. The number of rotatable bonds is 6. The van der Waals surface area contributed by atoms with Crippen LogP contribution in [-0.4, -0.2) is 43.7 Å². The summed E-state index contributed by atoms with van der Waals surface area (Å²) in [6, 6.07) is 14.6. The first kappa shape index (κ1) is 15.8. The van der Waals surface area contributed by atoms with Gasteiger partial charge in [0.05, 0.1) is 12.8 Å². The van der Waals surface area contributed by atoms with Crippen LogP contribution in [0.3, 0.4) is 0 Å². The topological polar surface area (TPSA) is 28.6 Å². The molecule has 1 fully saturated rings. The van der Waals surface area contributed by atoms with Gasteiger partial charge in [-0.25, -0.2) is 0 Å². The van der Waals surface area contributed by atoms with E-state index in [-0.39, 0.29) is 0 Å². The third-order valence-electron chi connectivity index (χ3n) is 4.47. The van der Waals surface area contributed by atoms with Crippen molar-refractivity contribution in [1.29, 1.82) is 0 Å². The third kappa shape index (κ3) is 4.02. The van der Waals surface area contributed by atoms with E-state index in [1.165, 1.54) is 12.1 Å². The molecule has 0 amide bonds. The zero-order chi connectivity index (χ0) is 16.1. The van der Waals surface area contributed by atoms with Crippen molar-refractivity contribution in [3.05, 3.63) is 54.4 Å². The SMILES string of the molecule is COc1cccnc1CN(C)CC1CCN(c2ccccc2)C1. The maximum atomic E-state index is 5.39. The Balaban J connectivity index is 1.54. The van der Waals surface area contributed by atoms with E-state index in [9.17, 15) is 0 Å². The lowest BCUT2D eigenvalue weighted by Gasteiger charge is -2.22. The van der Waals surface area contributed by atoms with Crippen LogP contribution in [0, 0.1) is 5.92 Å². The van der Waals surface area contributed by atoms with Gasteiger partial charge in [-0.2, -0.15) is 0 Å². The summed E-state index contributed by atoms with van der Waals surface area (Å²) in [5, 5.41) is 0. The number of pyridine rings is 1. The molecule has 122 valence electrons. The van der Waals surface area contributed by atoms with Crippen LogP contribution in [0.25, 0.3) is 0 Å². The van der Waals surface area contributed by atoms with Crippen molar-refractivity contribution in [2.24, 2.45) is 5.92 Å². The molecule has 2 heterocycles. The molecule has 0 radical (unpaired) electrons. The Morgan fingerprint density at radius 3 is 2.83 bits per heavy atom. The molecule has 3 rings (SSSR count). The number of hydrogen-bond donors (Lipinski definition) is 0. The molecule has 0 N–H and O–H groups in total. The van der Waals surface area contributed by atoms with Gasteiger partial charge in [-0.05, 0) is 43.7 Å². The van der Waals surface area contributed by atoms with Gasteiger partial charge in [-0.15, -0.1) is 0 Å². The summed E-state index contributed by atoms with van der Waals surface area (Å²) < 4.78 is 5.39. The van der Waals surface area contributed by atoms with E-state index >= 15 is 0 Å². The molecule has 1 saturated heterocycles. The van der Waals surface area contributed by atoms with Crippen molar-refractivity contribution in [2.45, 2.75) is 13.0 Å². The number of hydrogen-bond acceptors (Lipinski definition) is 4. The van der Waals surface area contributed by atoms with Gasteiger partial charge in [0.2, 0.25) is 0 Å². The molecular formula is C19H25N3O. The Bertz CT molecular complexity index is 617. The van der Waals surface area contributed by atoms with Crippen molar-refractivity contribution in [1.82, 2.24) is 9.88 Å². The standard InChI is InChI=1S/C19H25N3O/c1-21(15-18-19(23-2)9-6-11-20-18)13-16-10-12-22(14-16)17-7-4-3-5-8-17/h3-9,11,16H,10,12-15H2,1-2H3. The fourth-order valence-electron chi connectivity index (χ4n) is 3.34. The van der Waals surface area contributed by atoms with E-state index in [1.807, 2.05) is 18.3 Å². The summed E-state index contributed by atoms with van der Waals surface area (Å²) in [6.07, 6.45) is 3.08. The number of para-hydroxylation sites is 1. The zero-order valence-corrected chi connectivity index (χ0v) is 14.0. The summed E-state index contributed by atoms with van der Waals surface area (Å²) in [6.45, 7) is 4.19. The van der Waals surface area contributed by atoms with Crippen molar-refractivity contribution in [3.63, 3.8) is 0 Å². The van der Waals surface area contributed by atoms with Gasteiger partial charge in [-0.3, -0.25) is 4.98 Å². The van der Waals surface area contributed by atoms with Crippen LogP contribution in [0.2, 0.25) is 0 Å². The molecule has 0 spiro atoms. The van der Waals surface area contributed by atoms with Gasteiger partial charge in [-0.1, -0.05) is 18.2 Å². The van der Waals surface area contributed by atoms with E-state index in [4.69, 9.17) is 4.74 Å². The maximum Gasteiger partial charge on any atom is 0.141 e. The quantitative estimate of drug-likeness (QED) is 0.820. The van der Waals surface area contributed by atoms with E-state index < -0.39 is 0 Å². The largest absolute Gasteiger partial charge is 0.495 e. The van der Waals surface area contributed by atoms with Crippen molar-refractivity contribution >= 4 is 5.69 Å². The predicted molar refractivity (Wildman–Crippen MR) is 93.9 cm³/mol. The van der Waals surface area contributed by atoms with Gasteiger partial charge >= 0.3 is 0 Å². The molecule has 0 saturated carbocycles. The molecular weight excluding hydrogens is 286 g/mol. The van der Waals surface area contributed by atoms with Crippen LogP contribution < -0.4 is 9.64 Å². The maximum absolute atomic E-state index is 5.39. The van der Waals surface area contributed by atoms with Gasteiger partial charge in [0.1, 0.15) is 5.75 Å². The minimum Gasteiger partial charge on any atom is -0.495 e. The van der Waals surface area contributed by atoms with Crippen LogP contribution in [-0.2, 0) is 6.54 Å². The molecule has 0 aliphatic carbocycles. The first-order chi connectivity index (χ1) is 11.3. The van der Waals surface area contributed by atoms with Gasteiger partial charge in [0.15, 0.2) is 0 Å². The monoisotopic (exact) mass is 311 g/mol. The van der Waals surface area contributed by atoms with Crippen molar-refractivity contribution in [3.8, 4) is 5.75 Å². The highest BCUT2D eigenvalue weighted by atomic mass is 16.5. The van der Waals surface area contributed by atoms with Crippen LogP contribution >= 0.6 is 0 Å². The number of ether oxygens (including phenoxy) is 1.